The maximum atomic E-state index is 4.28. The normalized spacial score (nSPS) is 23.4. The molecule has 0 aromatic carbocycles. The van der Waals surface area contributed by atoms with Crippen molar-refractivity contribution in [1.82, 2.24) is 15.1 Å². The predicted molar refractivity (Wildman–Crippen MR) is 52.8 cm³/mol. The zero-order valence-corrected chi connectivity index (χ0v) is 8.38. The summed E-state index contributed by atoms with van der Waals surface area (Å²) in [6, 6.07) is 0. The van der Waals surface area contributed by atoms with Gasteiger partial charge in [-0.1, -0.05) is 0 Å². The van der Waals surface area contributed by atoms with Crippen LogP contribution in [0.25, 0.3) is 0 Å². The first kappa shape index (κ1) is 8.75. The molecule has 0 radical (unpaired) electrons. The van der Waals surface area contributed by atoms with E-state index in [4.69, 9.17) is 0 Å². The molecule has 0 bridgehead atoms. The molecule has 1 aromatic heterocycles. The number of hydrogen-bond donors (Lipinski definition) is 1. The molecule has 2 rings (SSSR count). The Balaban J connectivity index is 2.18. The summed E-state index contributed by atoms with van der Waals surface area (Å²) in [5.74, 6) is 0.683. The van der Waals surface area contributed by atoms with E-state index < -0.39 is 0 Å². The Morgan fingerprint density at radius 1 is 1.62 bits per heavy atom. The van der Waals surface area contributed by atoms with Gasteiger partial charge in [-0.15, -0.1) is 0 Å². The summed E-state index contributed by atoms with van der Waals surface area (Å²) < 4.78 is 1.96. The van der Waals surface area contributed by atoms with Crippen molar-refractivity contribution in [1.29, 1.82) is 0 Å². The summed E-state index contributed by atoms with van der Waals surface area (Å²) in [6.45, 7) is 4.44. The van der Waals surface area contributed by atoms with Crippen LogP contribution in [0, 0.1) is 6.92 Å². The number of aryl methyl sites for hydroxylation is 1. The topological polar surface area (TPSA) is 29.9 Å². The van der Waals surface area contributed by atoms with E-state index in [1.807, 2.05) is 17.9 Å². The molecule has 1 aliphatic heterocycles. The van der Waals surface area contributed by atoms with Gasteiger partial charge < -0.3 is 5.32 Å². The van der Waals surface area contributed by atoms with Crippen LogP contribution in [0.2, 0.25) is 0 Å². The fraction of sp³-hybridized carbons (Fsp3) is 0.700. The van der Waals surface area contributed by atoms with Crippen LogP contribution in [0.3, 0.4) is 0 Å². The van der Waals surface area contributed by atoms with Crippen molar-refractivity contribution < 1.29 is 0 Å². The summed E-state index contributed by atoms with van der Waals surface area (Å²) in [5, 5.41) is 7.71. The van der Waals surface area contributed by atoms with Gasteiger partial charge in [0.05, 0.1) is 6.20 Å². The minimum atomic E-state index is 0.683. The van der Waals surface area contributed by atoms with Crippen LogP contribution >= 0.6 is 0 Å². The molecule has 72 valence electrons. The number of piperidine rings is 1. The van der Waals surface area contributed by atoms with E-state index >= 15 is 0 Å². The molecular weight excluding hydrogens is 162 g/mol. The van der Waals surface area contributed by atoms with Gasteiger partial charge in [-0.3, -0.25) is 4.68 Å². The van der Waals surface area contributed by atoms with Gasteiger partial charge in [0.1, 0.15) is 0 Å². The van der Waals surface area contributed by atoms with Crippen molar-refractivity contribution in [3.63, 3.8) is 0 Å². The third-order valence-corrected chi connectivity index (χ3v) is 3.01. The first-order valence-electron chi connectivity index (χ1n) is 4.98. The summed E-state index contributed by atoms with van der Waals surface area (Å²) in [4.78, 5) is 0. The Labute approximate surface area is 79.1 Å². The van der Waals surface area contributed by atoms with E-state index in [1.54, 1.807) is 0 Å². The lowest BCUT2D eigenvalue weighted by molar-refractivity contribution is 0.460. The van der Waals surface area contributed by atoms with Crippen LogP contribution in [-0.2, 0) is 7.05 Å². The molecule has 0 saturated carbocycles. The third-order valence-electron chi connectivity index (χ3n) is 3.01. The minimum absolute atomic E-state index is 0.683. The Kier molecular flexibility index (Phi) is 2.36. The number of aromatic nitrogens is 2. The summed E-state index contributed by atoms with van der Waals surface area (Å²) >= 11 is 0. The lowest BCUT2D eigenvalue weighted by atomic mass is 9.92. The van der Waals surface area contributed by atoms with Gasteiger partial charge in [0.25, 0.3) is 0 Å². The van der Waals surface area contributed by atoms with Crippen LogP contribution < -0.4 is 5.32 Å². The summed E-state index contributed by atoms with van der Waals surface area (Å²) in [6.07, 6.45) is 4.62. The number of nitrogens with one attached hydrogen (secondary N) is 1. The van der Waals surface area contributed by atoms with E-state index in [0.717, 1.165) is 6.54 Å². The lowest BCUT2D eigenvalue weighted by Gasteiger charge is -2.22. The average molecular weight is 179 g/mol. The second kappa shape index (κ2) is 3.50. The minimum Gasteiger partial charge on any atom is -0.316 e. The van der Waals surface area contributed by atoms with Gasteiger partial charge in [0.2, 0.25) is 0 Å². The van der Waals surface area contributed by atoms with Crippen LogP contribution in [-0.4, -0.2) is 22.9 Å². The molecule has 0 aliphatic carbocycles. The Bertz CT molecular complexity index is 284. The van der Waals surface area contributed by atoms with Crippen LogP contribution in [0.5, 0.6) is 0 Å². The molecule has 2 heterocycles. The molecular formula is C10H17N3. The average Bonchev–Trinajstić information content (AvgIpc) is 2.49. The third kappa shape index (κ3) is 1.61. The molecule has 0 amide bonds. The predicted octanol–water partition coefficient (Wildman–Crippen LogP) is 1.20. The van der Waals surface area contributed by atoms with Crippen molar-refractivity contribution >= 4 is 0 Å². The van der Waals surface area contributed by atoms with Gasteiger partial charge in [-0.25, -0.2) is 0 Å². The number of nitrogens with zero attached hydrogens (tertiary/aromatic N) is 2. The SMILES string of the molecule is Cc1c(C2CCCNC2)cnn1C. The van der Waals surface area contributed by atoms with Gasteiger partial charge >= 0.3 is 0 Å². The molecule has 1 aliphatic rings. The van der Waals surface area contributed by atoms with Gasteiger partial charge in [-0.05, 0) is 37.8 Å². The molecule has 13 heavy (non-hydrogen) atoms. The second-order valence-corrected chi connectivity index (χ2v) is 3.85. The van der Waals surface area contributed by atoms with Crippen molar-refractivity contribution in [2.75, 3.05) is 13.1 Å². The van der Waals surface area contributed by atoms with Crippen molar-refractivity contribution in [2.45, 2.75) is 25.7 Å². The lowest BCUT2D eigenvalue weighted by Crippen LogP contribution is -2.28. The first-order chi connectivity index (χ1) is 6.29. The Hall–Kier alpha value is -0.830. The highest BCUT2D eigenvalue weighted by atomic mass is 15.3. The molecule has 3 nitrogen and oxygen atoms in total. The van der Waals surface area contributed by atoms with E-state index in [1.165, 1.54) is 30.6 Å². The fourth-order valence-corrected chi connectivity index (χ4v) is 2.03. The summed E-state index contributed by atoms with van der Waals surface area (Å²) in [7, 11) is 2.01. The molecule has 1 aromatic rings. The smallest absolute Gasteiger partial charge is 0.0527 e. The fourth-order valence-electron chi connectivity index (χ4n) is 2.03. The van der Waals surface area contributed by atoms with Crippen LogP contribution in [0.1, 0.15) is 30.0 Å². The monoisotopic (exact) mass is 179 g/mol. The highest BCUT2D eigenvalue weighted by molar-refractivity contribution is 5.21. The van der Waals surface area contributed by atoms with E-state index in [0.29, 0.717) is 5.92 Å². The second-order valence-electron chi connectivity index (χ2n) is 3.85. The van der Waals surface area contributed by atoms with Gasteiger partial charge in [-0.2, -0.15) is 5.10 Å². The quantitative estimate of drug-likeness (QED) is 0.702. The van der Waals surface area contributed by atoms with E-state index in [9.17, 15) is 0 Å². The largest absolute Gasteiger partial charge is 0.316 e. The van der Waals surface area contributed by atoms with Crippen molar-refractivity contribution in [3.05, 3.63) is 17.5 Å². The van der Waals surface area contributed by atoms with Crippen molar-refractivity contribution in [2.24, 2.45) is 7.05 Å². The highest BCUT2D eigenvalue weighted by Gasteiger charge is 2.18. The maximum Gasteiger partial charge on any atom is 0.0527 e. The Morgan fingerprint density at radius 2 is 2.46 bits per heavy atom. The molecule has 3 heteroatoms. The summed E-state index contributed by atoms with van der Waals surface area (Å²) in [5.41, 5.74) is 2.74. The molecule has 1 fully saturated rings. The highest BCUT2D eigenvalue weighted by Crippen LogP contribution is 2.25. The molecule has 1 N–H and O–H groups in total. The van der Waals surface area contributed by atoms with E-state index in [2.05, 4.69) is 17.3 Å². The standard InChI is InChI=1S/C10H17N3/c1-8-10(7-12-13(8)2)9-4-3-5-11-6-9/h7,9,11H,3-6H2,1-2H3. The zero-order valence-electron chi connectivity index (χ0n) is 8.38. The molecule has 1 saturated heterocycles. The maximum absolute atomic E-state index is 4.28. The van der Waals surface area contributed by atoms with Gasteiger partial charge in [0, 0.05) is 19.3 Å². The van der Waals surface area contributed by atoms with Crippen LogP contribution in [0.15, 0.2) is 6.20 Å². The molecule has 1 atom stereocenters. The van der Waals surface area contributed by atoms with E-state index in [-0.39, 0.29) is 0 Å². The first-order valence-corrected chi connectivity index (χ1v) is 4.98. The number of rotatable bonds is 1. The number of hydrogen-bond acceptors (Lipinski definition) is 2. The van der Waals surface area contributed by atoms with Crippen molar-refractivity contribution in [3.8, 4) is 0 Å². The zero-order chi connectivity index (χ0) is 9.26. The van der Waals surface area contributed by atoms with Crippen LogP contribution in [0.4, 0.5) is 0 Å². The Morgan fingerprint density at radius 3 is 3.00 bits per heavy atom. The molecule has 1 unspecified atom stereocenters. The molecule has 0 spiro atoms. The van der Waals surface area contributed by atoms with Gasteiger partial charge in [0.15, 0.2) is 0 Å².